The third-order valence-electron chi connectivity index (χ3n) is 0. The molecule has 0 unspecified atom stereocenters. The fourth-order valence-electron chi connectivity index (χ4n) is 0. The lowest BCUT2D eigenvalue weighted by Gasteiger charge is -1.65. The molecule has 0 nitrogen and oxygen atoms in total. The van der Waals surface area contributed by atoms with Crippen LogP contribution in [0.25, 0.3) is 0 Å². The summed E-state index contributed by atoms with van der Waals surface area (Å²) < 4.78 is 0. The van der Waals surface area contributed by atoms with Crippen LogP contribution in [0.5, 0.6) is 0 Å². The average molecular weight is 137 g/mol. The van der Waals surface area contributed by atoms with Crippen molar-refractivity contribution >= 4 is 17.0 Å². The summed E-state index contributed by atoms with van der Waals surface area (Å²) in [5, 5.41) is 0. The molecule has 0 aliphatic carbocycles. The van der Waals surface area contributed by atoms with Crippen LogP contribution in [-0.2, 0) is 0 Å². The Bertz CT molecular complexity index is 26.6. The van der Waals surface area contributed by atoms with Crippen LogP contribution in [0.3, 0.4) is 0 Å². The topological polar surface area (TPSA) is 0 Å². The van der Waals surface area contributed by atoms with Crippen LogP contribution in [0, 0.1) is 0 Å². The molecule has 0 aromatic heterocycles. The van der Waals surface area contributed by atoms with Crippen molar-refractivity contribution in [1.29, 1.82) is 0 Å². The van der Waals surface area contributed by atoms with Gasteiger partial charge in [-0.05, 0) is 13.8 Å². The molecule has 0 aromatic carbocycles. The van der Waals surface area contributed by atoms with E-state index in [1.54, 1.807) is 0 Å². The van der Waals surface area contributed by atoms with E-state index in [-0.39, 0.29) is 17.0 Å². The smallest absolute Gasteiger partial charge is 0.0445 e. The van der Waals surface area contributed by atoms with E-state index in [9.17, 15) is 0 Å². The van der Waals surface area contributed by atoms with Crippen molar-refractivity contribution < 1.29 is 0 Å². The first kappa shape index (κ1) is 8.97. The summed E-state index contributed by atoms with van der Waals surface area (Å²) in [5.74, 6) is 0. The summed E-state index contributed by atoms with van der Waals surface area (Å²) in [5.41, 5.74) is 1.17. The number of halogens is 1. The molecule has 0 amide bonds. The predicted molar refractivity (Wildman–Crippen MR) is 30.8 cm³/mol. The van der Waals surface area contributed by atoms with Crippen LogP contribution in [-0.4, -0.2) is 0 Å². The number of rotatable bonds is 0. The molecule has 0 atom stereocenters. The van der Waals surface area contributed by atoms with Gasteiger partial charge in [0.15, 0.2) is 0 Å². The van der Waals surface area contributed by atoms with Crippen LogP contribution >= 0.6 is 17.0 Å². The van der Waals surface area contributed by atoms with Crippen molar-refractivity contribution in [3.05, 3.63) is 12.2 Å². The molecular formula is C4H9Br. The molecule has 0 bridgehead atoms. The highest BCUT2D eigenvalue weighted by atomic mass is 79.9. The van der Waals surface area contributed by atoms with Gasteiger partial charge in [-0.25, -0.2) is 0 Å². The third-order valence-corrected chi connectivity index (χ3v) is 0. The van der Waals surface area contributed by atoms with Crippen molar-refractivity contribution in [1.82, 2.24) is 0 Å². The first-order valence-corrected chi connectivity index (χ1v) is 1.35. The minimum Gasteiger partial charge on any atom is -0.114 e. The Morgan fingerprint density at radius 1 is 1.40 bits per heavy atom. The van der Waals surface area contributed by atoms with Gasteiger partial charge < -0.3 is 0 Å². The summed E-state index contributed by atoms with van der Waals surface area (Å²) in [6, 6.07) is 0. The SMILES string of the molecule is Br.C=C(C)C. The van der Waals surface area contributed by atoms with Gasteiger partial charge >= 0.3 is 0 Å². The zero-order chi connectivity index (χ0) is 3.58. The maximum atomic E-state index is 3.56. The maximum absolute atomic E-state index is 3.56. The number of allylic oxidation sites excluding steroid dienone is 1. The zero-order valence-electron chi connectivity index (χ0n) is 3.62. The van der Waals surface area contributed by atoms with E-state index in [0.717, 1.165) is 0 Å². The van der Waals surface area contributed by atoms with Crippen LogP contribution in [0.4, 0.5) is 0 Å². The van der Waals surface area contributed by atoms with Crippen molar-refractivity contribution in [2.45, 2.75) is 13.8 Å². The first-order chi connectivity index (χ1) is 1.73. The molecule has 0 radical (unpaired) electrons. The third kappa shape index (κ3) is 430. The molecule has 5 heavy (non-hydrogen) atoms. The van der Waals surface area contributed by atoms with Gasteiger partial charge in [0.2, 0.25) is 0 Å². The molecule has 0 aromatic rings. The molecule has 0 aliphatic heterocycles. The molecule has 0 rings (SSSR count). The van der Waals surface area contributed by atoms with Crippen LogP contribution < -0.4 is 0 Å². The second kappa shape index (κ2) is 4.22. The van der Waals surface area contributed by atoms with E-state index in [1.807, 2.05) is 13.8 Å². The normalized spacial score (nSPS) is 5.20. The Labute approximate surface area is 43.7 Å². The summed E-state index contributed by atoms with van der Waals surface area (Å²) in [6.45, 7) is 7.50. The van der Waals surface area contributed by atoms with Gasteiger partial charge in [-0.1, -0.05) is 5.57 Å². The van der Waals surface area contributed by atoms with E-state index in [1.165, 1.54) is 5.57 Å². The quantitative estimate of drug-likeness (QED) is 0.449. The zero-order valence-corrected chi connectivity index (χ0v) is 5.33. The van der Waals surface area contributed by atoms with E-state index >= 15 is 0 Å². The van der Waals surface area contributed by atoms with Crippen molar-refractivity contribution in [2.24, 2.45) is 0 Å². The molecule has 0 N–H and O–H groups in total. The molecule has 1 heteroatoms. The molecular weight excluding hydrogens is 128 g/mol. The van der Waals surface area contributed by atoms with Gasteiger partial charge in [0.05, 0.1) is 0 Å². The lowest BCUT2D eigenvalue weighted by atomic mass is 10.4. The van der Waals surface area contributed by atoms with E-state index < -0.39 is 0 Å². The highest BCUT2D eigenvalue weighted by molar-refractivity contribution is 8.93. The van der Waals surface area contributed by atoms with Gasteiger partial charge in [-0.3, -0.25) is 0 Å². The Balaban J connectivity index is 0. The maximum Gasteiger partial charge on any atom is -0.0445 e. The summed E-state index contributed by atoms with van der Waals surface area (Å²) in [6.07, 6.45) is 0. The molecule has 0 fully saturated rings. The van der Waals surface area contributed by atoms with Gasteiger partial charge in [0.25, 0.3) is 0 Å². The highest BCUT2D eigenvalue weighted by Crippen LogP contribution is 1.73. The predicted octanol–water partition coefficient (Wildman–Crippen LogP) is 2.16. The average Bonchev–Trinajstić information content (AvgIpc) is 0.811. The molecule has 0 saturated heterocycles. The van der Waals surface area contributed by atoms with E-state index in [4.69, 9.17) is 0 Å². The second-order valence-electron chi connectivity index (χ2n) is 1.21. The van der Waals surface area contributed by atoms with Crippen molar-refractivity contribution in [2.75, 3.05) is 0 Å². The number of hydrogen-bond donors (Lipinski definition) is 0. The molecule has 0 heterocycles. The summed E-state index contributed by atoms with van der Waals surface area (Å²) in [4.78, 5) is 0. The van der Waals surface area contributed by atoms with Crippen LogP contribution in [0.2, 0.25) is 0 Å². The summed E-state index contributed by atoms with van der Waals surface area (Å²) >= 11 is 0. The second-order valence-corrected chi connectivity index (χ2v) is 1.21. The van der Waals surface area contributed by atoms with Gasteiger partial charge in [0.1, 0.15) is 0 Å². The van der Waals surface area contributed by atoms with Crippen LogP contribution in [0.15, 0.2) is 12.2 Å². The van der Waals surface area contributed by atoms with Gasteiger partial charge in [0, 0.05) is 0 Å². The Morgan fingerprint density at radius 2 is 1.40 bits per heavy atom. The lowest BCUT2D eigenvalue weighted by Crippen LogP contribution is -1.43. The molecule has 0 saturated carbocycles. The fourth-order valence-corrected chi connectivity index (χ4v) is 0. The molecule has 0 aliphatic rings. The fraction of sp³-hybridized carbons (Fsp3) is 0.500. The lowest BCUT2D eigenvalue weighted by molar-refractivity contribution is 1.42. The van der Waals surface area contributed by atoms with Crippen LogP contribution in [0.1, 0.15) is 13.8 Å². The Hall–Kier alpha value is 0.220. The van der Waals surface area contributed by atoms with Gasteiger partial charge in [-0.15, -0.1) is 23.6 Å². The monoisotopic (exact) mass is 136 g/mol. The van der Waals surface area contributed by atoms with Crippen molar-refractivity contribution in [3.63, 3.8) is 0 Å². The van der Waals surface area contributed by atoms with E-state index in [2.05, 4.69) is 6.58 Å². The summed E-state index contributed by atoms with van der Waals surface area (Å²) in [7, 11) is 0. The Morgan fingerprint density at radius 3 is 1.40 bits per heavy atom. The number of hydrogen-bond acceptors (Lipinski definition) is 0. The Kier molecular flexibility index (Phi) is 7.57. The minimum absolute atomic E-state index is 0. The van der Waals surface area contributed by atoms with Gasteiger partial charge in [-0.2, -0.15) is 0 Å². The standard InChI is InChI=1S/C4H8.BrH/c1-4(2)3;/h1H2,2-3H3;1H. The first-order valence-electron chi connectivity index (χ1n) is 1.35. The minimum atomic E-state index is 0. The molecule has 0 spiro atoms. The highest BCUT2D eigenvalue weighted by Gasteiger charge is 1.51. The largest absolute Gasteiger partial charge is 0.114 e. The van der Waals surface area contributed by atoms with E-state index in [0.29, 0.717) is 0 Å². The van der Waals surface area contributed by atoms with Crippen molar-refractivity contribution in [3.8, 4) is 0 Å². The molecule has 32 valence electrons.